The Bertz CT molecular complexity index is 764. The maximum Gasteiger partial charge on any atom is 0.245 e. The summed E-state index contributed by atoms with van der Waals surface area (Å²) < 4.78 is 15.8. The second kappa shape index (κ2) is 6.66. The van der Waals surface area contributed by atoms with E-state index >= 15 is 0 Å². The van der Waals surface area contributed by atoms with E-state index in [0.717, 1.165) is 0 Å². The number of aromatic nitrogens is 2. The summed E-state index contributed by atoms with van der Waals surface area (Å²) in [6, 6.07) is 3.20. The van der Waals surface area contributed by atoms with Crippen molar-refractivity contribution < 1.29 is 18.8 Å². The average Bonchev–Trinajstić information content (AvgIpc) is 3.06. The minimum atomic E-state index is -0.204. The number of hydrogen-bond acceptors (Lipinski definition) is 7. The Morgan fingerprint density at radius 2 is 2.17 bits per heavy atom. The Kier molecular flexibility index (Phi) is 4.59. The van der Waals surface area contributed by atoms with Crippen LogP contribution in [0, 0.1) is 0 Å². The molecule has 128 valence electrons. The number of rotatable bonds is 4. The molecule has 3 rings (SSSR count). The summed E-state index contributed by atoms with van der Waals surface area (Å²) in [7, 11) is 4.78. The fourth-order valence-electron chi connectivity index (χ4n) is 2.49. The van der Waals surface area contributed by atoms with Crippen LogP contribution in [0.2, 0.25) is 5.02 Å². The van der Waals surface area contributed by atoms with Crippen molar-refractivity contribution in [2.45, 2.75) is 6.04 Å². The Morgan fingerprint density at radius 3 is 2.83 bits per heavy atom. The third kappa shape index (κ3) is 3.02. The molecular formula is C15H17ClN4O4. The topological polar surface area (TPSA) is 89.7 Å². The van der Waals surface area contributed by atoms with Crippen molar-refractivity contribution in [2.24, 2.45) is 0 Å². The zero-order valence-electron chi connectivity index (χ0n) is 13.5. The molecule has 1 atom stereocenters. The lowest BCUT2D eigenvalue weighted by Gasteiger charge is -2.28. The lowest BCUT2D eigenvalue weighted by Crippen LogP contribution is -2.47. The quantitative estimate of drug-likeness (QED) is 0.891. The van der Waals surface area contributed by atoms with Gasteiger partial charge in [-0.2, -0.15) is 4.98 Å². The van der Waals surface area contributed by atoms with Gasteiger partial charge in [-0.15, -0.1) is 0 Å². The Balaban J connectivity index is 1.88. The van der Waals surface area contributed by atoms with E-state index < -0.39 is 0 Å². The van der Waals surface area contributed by atoms with Gasteiger partial charge in [0.2, 0.25) is 17.6 Å². The number of hydrogen-bond donors (Lipinski definition) is 1. The van der Waals surface area contributed by atoms with Crippen molar-refractivity contribution in [1.29, 1.82) is 0 Å². The summed E-state index contributed by atoms with van der Waals surface area (Å²) in [4.78, 5) is 17.5. The molecular weight excluding hydrogens is 336 g/mol. The number of ether oxygens (including phenoxy) is 2. The summed E-state index contributed by atoms with van der Waals surface area (Å²) in [5.74, 6) is 1.75. The minimum Gasteiger partial charge on any atom is -0.493 e. The molecule has 0 bridgehead atoms. The number of carbonyl (C=O) groups is 1. The first-order valence-corrected chi connectivity index (χ1v) is 7.64. The Morgan fingerprint density at radius 1 is 1.38 bits per heavy atom. The molecule has 2 heterocycles. The van der Waals surface area contributed by atoms with Crippen molar-refractivity contribution in [2.75, 3.05) is 34.4 Å². The molecule has 1 amide bonds. The number of nitrogens with zero attached hydrogens (tertiary/aromatic N) is 3. The third-order valence-corrected chi connectivity index (χ3v) is 4.09. The second-order valence-electron chi connectivity index (χ2n) is 5.36. The number of nitrogens with one attached hydrogen (secondary N) is 1. The maximum absolute atomic E-state index is 11.5. The summed E-state index contributed by atoms with van der Waals surface area (Å²) in [6.45, 7) is 0.703. The molecule has 1 aliphatic heterocycles. The molecule has 1 unspecified atom stereocenters. The summed E-state index contributed by atoms with van der Waals surface area (Å²) >= 11 is 6.21. The van der Waals surface area contributed by atoms with E-state index in [1.165, 1.54) is 14.2 Å². The highest BCUT2D eigenvalue weighted by atomic mass is 35.5. The van der Waals surface area contributed by atoms with Gasteiger partial charge in [-0.05, 0) is 12.1 Å². The first kappa shape index (κ1) is 16.5. The van der Waals surface area contributed by atoms with Crippen LogP contribution in [0.1, 0.15) is 11.9 Å². The fourth-order valence-corrected chi connectivity index (χ4v) is 2.78. The fraction of sp³-hybridized carbons (Fsp3) is 0.400. The standard InChI is InChI=1S/C15H17ClN4O4/c1-20-7-10(17-6-12(20)21)15-18-14(19-24-15)8-4-9(16)13(23-3)11(5-8)22-2/h4-5,10,17H,6-7H2,1-3H3. The summed E-state index contributed by atoms with van der Waals surface area (Å²) in [5.41, 5.74) is 0.646. The first-order chi connectivity index (χ1) is 11.5. The van der Waals surface area contributed by atoms with Crippen LogP contribution < -0.4 is 14.8 Å². The number of halogens is 1. The molecule has 1 N–H and O–H groups in total. The maximum atomic E-state index is 11.5. The van der Waals surface area contributed by atoms with Gasteiger partial charge in [-0.3, -0.25) is 10.1 Å². The molecule has 0 radical (unpaired) electrons. The Labute approximate surface area is 143 Å². The van der Waals surface area contributed by atoms with Gasteiger partial charge in [0, 0.05) is 19.2 Å². The third-order valence-electron chi connectivity index (χ3n) is 3.81. The number of carbonyl (C=O) groups excluding carboxylic acids is 1. The summed E-state index contributed by atoms with van der Waals surface area (Å²) in [6.07, 6.45) is 0. The van der Waals surface area contributed by atoms with Crippen molar-refractivity contribution in [3.8, 4) is 22.9 Å². The highest BCUT2D eigenvalue weighted by molar-refractivity contribution is 6.32. The van der Waals surface area contributed by atoms with Gasteiger partial charge in [0.05, 0.1) is 25.8 Å². The van der Waals surface area contributed by atoms with Crippen LogP contribution in [0.25, 0.3) is 11.4 Å². The predicted molar refractivity (Wildman–Crippen MR) is 86.2 cm³/mol. The van der Waals surface area contributed by atoms with Gasteiger partial charge in [-0.1, -0.05) is 16.8 Å². The van der Waals surface area contributed by atoms with E-state index in [4.69, 9.17) is 25.6 Å². The molecule has 8 nitrogen and oxygen atoms in total. The molecule has 1 aliphatic rings. The molecule has 0 aliphatic carbocycles. The van der Waals surface area contributed by atoms with Crippen molar-refractivity contribution in [3.63, 3.8) is 0 Å². The molecule has 0 spiro atoms. The number of likely N-dealkylation sites (N-methyl/N-ethyl adjacent to an activating group) is 1. The van der Waals surface area contributed by atoms with Crippen molar-refractivity contribution in [1.82, 2.24) is 20.4 Å². The number of benzene rings is 1. The van der Waals surface area contributed by atoms with Crippen LogP contribution in [-0.4, -0.2) is 55.3 Å². The lowest BCUT2D eigenvalue weighted by atomic mass is 10.2. The van der Waals surface area contributed by atoms with Crippen LogP contribution in [0.3, 0.4) is 0 Å². The molecule has 1 fully saturated rings. The van der Waals surface area contributed by atoms with Crippen LogP contribution in [0.5, 0.6) is 11.5 Å². The van der Waals surface area contributed by atoms with Gasteiger partial charge >= 0.3 is 0 Å². The molecule has 24 heavy (non-hydrogen) atoms. The number of methoxy groups -OCH3 is 2. The zero-order chi connectivity index (χ0) is 17.3. The van der Waals surface area contributed by atoms with Gasteiger partial charge in [0.25, 0.3) is 0 Å². The van der Waals surface area contributed by atoms with E-state index in [0.29, 0.717) is 40.3 Å². The smallest absolute Gasteiger partial charge is 0.245 e. The van der Waals surface area contributed by atoms with Gasteiger partial charge in [-0.25, -0.2) is 0 Å². The SMILES string of the molecule is COc1cc(-c2noc(C3CN(C)C(=O)CN3)n2)cc(Cl)c1OC. The average molecular weight is 353 g/mol. The number of piperazine rings is 1. The van der Waals surface area contributed by atoms with E-state index in [1.54, 1.807) is 24.1 Å². The van der Waals surface area contributed by atoms with Crippen LogP contribution in [0.4, 0.5) is 0 Å². The second-order valence-corrected chi connectivity index (χ2v) is 5.76. The van der Waals surface area contributed by atoms with Gasteiger partial charge < -0.3 is 18.9 Å². The molecule has 1 aromatic carbocycles. The predicted octanol–water partition coefficient (Wildman–Crippen LogP) is 1.51. The molecule has 1 aromatic heterocycles. The van der Waals surface area contributed by atoms with E-state index in [9.17, 15) is 4.79 Å². The van der Waals surface area contributed by atoms with Crippen molar-refractivity contribution in [3.05, 3.63) is 23.0 Å². The largest absolute Gasteiger partial charge is 0.493 e. The highest BCUT2D eigenvalue weighted by Gasteiger charge is 2.28. The normalized spacial score (nSPS) is 17.9. The summed E-state index contributed by atoms with van der Waals surface area (Å²) in [5, 5.41) is 7.46. The number of amides is 1. The monoisotopic (exact) mass is 352 g/mol. The van der Waals surface area contributed by atoms with Gasteiger partial charge in [0.1, 0.15) is 6.04 Å². The molecule has 2 aromatic rings. The highest BCUT2D eigenvalue weighted by Crippen LogP contribution is 2.38. The van der Waals surface area contributed by atoms with E-state index in [1.807, 2.05) is 0 Å². The Hall–Kier alpha value is -2.32. The van der Waals surface area contributed by atoms with Crippen LogP contribution in [-0.2, 0) is 4.79 Å². The van der Waals surface area contributed by atoms with Crippen LogP contribution in [0.15, 0.2) is 16.7 Å². The minimum absolute atomic E-state index is 0.0256. The first-order valence-electron chi connectivity index (χ1n) is 7.26. The lowest BCUT2D eigenvalue weighted by molar-refractivity contribution is -0.131. The van der Waals surface area contributed by atoms with E-state index in [2.05, 4.69) is 15.5 Å². The van der Waals surface area contributed by atoms with Crippen molar-refractivity contribution >= 4 is 17.5 Å². The van der Waals surface area contributed by atoms with Crippen LogP contribution >= 0.6 is 11.6 Å². The molecule has 0 saturated carbocycles. The molecule has 1 saturated heterocycles. The molecule has 9 heteroatoms. The van der Waals surface area contributed by atoms with E-state index in [-0.39, 0.29) is 18.5 Å². The van der Waals surface area contributed by atoms with Gasteiger partial charge in [0.15, 0.2) is 11.5 Å². The zero-order valence-corrected chi connectivity index (χ0v) is 14.3.